The van der Waals surface area contributed by atoms with Crippen molar-refractivity contribution in [3.8, 4) is 0 Å². The molecular weight excluding hydrogens is 444 g/mol. The summed E-state index contributed by atoms with van der Waals surface area (Å²) in [5, 5.41) is 3.33. The van der Waals surface area contributed by atoms with Crippen molar-refractivity contribution in [3.63, 3.8) is 0 Å². The maximum absolute atomic E-state index is 13.2. The zero-order valence-corrected chi connectivity index (χ0v) is 20.4. The molecule has 0 amide bonds. The van der Waals surface area contributed by atoms with Crippen LogP contribution >= 0.6 is 11.3 Å². The average Bonchev–Trinajstić information content (AvgIpc) is 3.24. The summed E-state index contributed by atoms with van der Waals surface area (Å²) >= 11 is 1.69. The second-order valence-electron chi connectivity index (χ2n) is 9.45. The van der Waals surface area contributed by atoms with E-state index >= 15 is 0 Å². The fourth-order valence-corrected chi connectivity index (χ4v) is 6.57. The van der Waals surface area contributed by atoms with Crippen molar-refractivity contribution >= 4 is 38.1 Å². The number of aryl methyl sites for hydroxylation is 1. The fraction of sp³-hybridized carbons (Fsp3) is 0.423. The summed E-state index contributed by atoms with van der Waals surface area (Å²) in [5.74, 6) is 1.09. The number of piperazine rings is 1. The van der Waals surface area contributed by atoms with Crippen LogP contribution in [0.1, 0.15) is 16.9 Å². The Morgan fingerprint density at radius 1 is 1.00 bits per heavy atom. The summed E-state index contributed by atoms with van der Waals surface area (Å²) in [6, 6.07) is 10.6. The van der Waals surface area contributed by atoms with Gasteiger partial charge >= 0.3 is 0 Å². The van der Waals surface area contributed by atoms with Crippen LogP contribution < -0.4 is 10.5 Å². The molecule has 0 aliphatic carbocycles. The summed E-state index contributed by atoms with van der Waals surface area (Å²) in [6.45, 7) is 7.63. The number of likely N-dealkylation sites (N-methyl/N-ethyl adjacent to an activating group) is 1. The molecule has 0 atom stereocenters. The van der Waals surface area contributed by atoms with E-state index in [-0.39, 0.29) is 5.56 Å². The number of hydrogen-bond acceptors (Lipinski definition) is 7. The molecule has 2 aliphatic rings. The lowest BCUT2D eigenvalue weighted by Crippen LogP contribution is -2.47. The smallest absolute Gasteiger partial charge is 0.262 e. The molecule has 0 saturated carbocycles. The highest BCUT2D eigenvalue weighted by Gasteiger charge is 2.23. The number of benzene rings is 1. The van der Waals surface area contributed by atoms with Gasteiger partial charge in [0.2, 0.25) is 0 Å². The first-order valence-corrected chi connectivity index (χ1v) is 13.0. The molecule has 4 aromatic rings. The van der Waals surface area contributed by atoms with Crippen molar-refractivity contribution in [1.82, 2.24) is 24.3 Å². The van der Waals surface area contributed by atoms with E-state index in [1.54, 1.807) is 17.7 Å². The van der Waals surface area contributed by atoms with Crippen LogP contribution in [0.15, 0.2) is 47.7 Å². The van der Waals surface area contributed by atoms with Crippen molar-refractivity contribution in [2.45, 2.75) is 25.9 Å². The molecule has 8 heteroatoms. The molecule has 0 radical (unpaired) electrons. The first-order chi connectivity index (χ1) is 16.7. The van der Waals surface area contributed by atoms with Gasteiger partial charge in [0, 0.05) is 62.3 Å². The first kappa shape index (κ1) is 21.7. The first-order valence-electron chi connectivity index (χ1n) is 12.2. The van der Waals surface area contributed by atoms with Crippen molar-refractivity contribution < 1.29 is 0 Å². The van der Waals surface area contributed by atoms with Crippen LogP contribution in [-0.4, -0.2) is 70.7 Å². The van der Waals surface area contributed by atoms with E-state index in [1.807, 2.05) is 10.8 Å². The highest BCUT2D eigenvalue weighted by atomic mass is 32.1. The Labute approximate surface area is 203 Å². The summed E-state index contributed by atoms with van der Waals surface area (Å²) in [5.41, 5.74) is 1.38. The van der Waals surface area contributed by atoms with Gasteiger partial charge in [0.25, 0.3) is 5.56 Å². The summed E-state index contributed by atoms with van der Waals surface area (Å²) < 4.78 is 1.82. The average molecular weight is 475 g/mol. The standard InChI is InChI=1S/C26H30N6OS/c1-29-12-8-21-22(17-29)34-25-23(21)26(33)32(18-28-25)11-4-10-30-13-15-31(16-14-30)24-20-6-3-2-5-19(20)7-9-27-24/h2-3,5-7,9,18H,4,8,10-17H2,1H3. The summed E-state index contributed by atoms with van der Waals surface area (Å²) in [6.07, 6.45) is 5.56. The van der Waals surface area contributed by atoms with Gasteiger partial charge in [0.05, 0.1) is 11.7 Å². The Bertz CT molecular complexity index is 1380. The lowest BCUT2D eigenvalue weighted by molar-refractivity contribution is 0.249. The van der Waals surface area contributed by atoms with Gasteiger partial charge in [-0.25, -0.2) is 9.97 Å². The SMILES string of the molecule is CN1CCc2c(sc3ncn(CCCN4CCN(c5nccc6ccccc56)CC4)c(=O)c23)C1. The maximum Gasteiger partial charge on any atom is 0.262 e. The van der Waals surface area contributed by atoms with E-state index in [4.69, 9.17) is 0 Å². The molecule has 176 valence electrons. The van der Waals surface area contributed by atoms with E-state index < -0.39 is 0 Å². The van der Waals surface area contributed by atoms with Gasteiger partial charge in [0.1, 0.15) is 10.6 Å². The van der Waals surface area contributed by atoms with Gasteiger partial charge < -0.3 is 9.80 Å². The van der Waals surface area contributed by atoms with Gasteiger partial charge in [-0.2, -0.15) is 0 Å². The quantitative estimate of drug-likeness (QED) is 0.443. The van der Waals surface area contributed by atoms with E-state index in [0.717, 1.165) is 81.2 Å². The zero-order valence-electron chi connectivity index (χ0n) is 19.6. The lowest BCUT2D eigenvalue weighted by Gasteiger charge is -2.35. The van der Waals surface area contributed by atoms with E-state index in [1.165, 1.54) is 21.2 Å². The van der Waals surface area contributed by atoms with Gasteiger partial charge in [-0.05, 0) is 43.5 Å². The van der Waals surface area contributed by atoms with Crippen LogP contribution in [0.25, 0.3) is 21.0 Å². The number of pyridine rings is 1. The second-order valence-corrected chi connectivity index (χ2v) is 10.5. The van der Waals surface area contributed by atoms with E-state index in [2.05, 4.69) is 62.0 Å². The molecule has 0 spiro atoms. The van der Waals surface area contributed by atoms with Crippen LogP contribution in [0.2, 0.25) is 0 Å². The molecule has 0 N–H and O–H groups in total. The molecular formula is C26H30N6OS. The number of anilines is 1. The van der Waals surface area contributed by atoms with Gasteiger partial charge in [-0.15, -0.1) is 11.3 Å². The zero-order chi connectivity index (χ0) is 23.1. The monoisotopic (exact) mass is 474 g/mol. The minimum absolute atomic E-state index is 0.138. The number of fused-ring (bicyclic) bond motifs is 4. The Morgan fingerprint density at radius 2 is 1.85 bits per heavy atom. The van der Waals surface area contributed by atoms with E-state index in [0.29, 0.717) is 0 Å². The normalized spacial score (nSPS) is 17.5. The van der Waals surface area contributed by atoms with Crippen molar-refractivity contribution in [1.29, 1.82) is 0 Å². The summed E-state index contributed by atoms with van der Waals surface area (Å²) in [4.78, 5) is 32.0. The molecule has 2 aliphatic heterocycles. The molecule has 1 fully saturated rings. The predicted octanol–water partition coefficient (Wildman–Crippen LogP) is 3.21. The van der Waals surface area contributed by atoms with Crippen LogP contribution in [-0.2, 0) is 19.5 Å². The third-order valence-electron chi connectivity index (χ3n) is 7.22. The van der Waals surface area contributed by atoms with Gasteiger partial charge in [0.15, 0.2) is 0 Å². The molecule has 0 unspecified atom stereocenters. The van der Waals surface area contributed by atoms with Crippen LogP contribution in [0.4, 0.5) is 5.82 Å². The molecule has 1 aromatic carbocycles. The van der Waals surface area contributed by atoms with Crippen LogP contribution in [0.3, 0.4) is 0 Å². The molecule has 3 aromatic heterocycles. The molecule has 34 heavy (non-hydrogen) atoms. The molecule has 6 rings (SSSR count). The number of rotatable bonds is 5. The molecule has 0 bridgehead atoms. The number of nitrogens with zero attached hydrogens (tertiary/aromatic N) is 6. The maximum atomic E-state index is 13.2. The Morgan fingerprint density at radius 3 is 2.74 bits per heavy atom. The number of aromatic nitrogens is 3. The Hall–Kier alpha value is -2.81. The minimum Gasteiger partial charge on any atom is -0.354 e. The van der Waals surface area contributed by atoms with Gasteiger partial charge in [-0.3, -0.25) is 14.3 Å². The predicted molar refractivity (Wildman–Crippen MR) is 139 cm³/mol. The third kappa shape index (κ3) is 4.00. The third-order valence-corrected chi connectivity index (χ3v) is 8.34. The van der Waals surface area contributed by atoms with Gasteiger partial charge in [-0.1, -0.05) is 24.3 Å². The Kier molecular flexibility index (Phi) is 5.80. The number of hydrogen-bond donors (Lipinski definition) is 0. The highest BCUT2D eigenvalue weighted by Crippen LogP contribution is 2.31. The molecule has 7 nitrogen and oxygen atoms in total. The fourth-order valence-electron chi connectivity index (χ4n) is 5.31. The lowest BCUT2D eigenvalue weighted by atomic mass is 10.1. The Balaban J connectivity index is 1.08. The van der Waals surface area contributed by atoms with Crippen molar-refractivity contribution in [3.05, 3.63) is 63.7 Å². The number of thiophene rings is 1. The topological polar surface area (TPSA) is 57.5 Å². The van der Waals surface area contributed by atoms with Crippen molar-refractivity contribution in [2.24, 2.45) is 0 Å². The van der Waals surface area contributed by atoms with Crippen LogP contribution in [0.5, 0.6) is 0 Å². The molecule has 5 heterocycles. The summed E-state index contributed by atoms with van der Waals surface area (Å²) in [7, 11) is 2.14. The minimum atomic E-state index is 0.138. The van der Waals surface area contributed by atoms with E-state index in [9.17, 15) is 4.79 Å². The van der Waals surface area contributed by atoms with Crippen molar-refractivity contribution in [2.75, 3.05) is 51.2 Å². The second kappa shape index (κ2) is 9.09. The largest absolute Gasteiger partial charge is 0.354 e. The highest BCUT2D eigenvalue weighted by molar-refractivity contribution is 7.18. The molecule has 1 saturated heterocycles. The van der Waals surface area contributed by atoms with Crippen LogP contribution in [0, 0.1) is 0 Å².